The van der Waals surface area contributed by atoms with E-state index in [-0.39, 0.29) is 12.5 Å². The Morgan fingerprint density at radius 1 is 1.05 bits per heavy atom. The van der Waals surface area contributed by atoms with E-state index in [0.717, 1.165) is 0 Å². The van der Waals surface area contributed by atoms with Gasteiger partial charge in [0.1, 0.15) is 24.4 Å². The molecule has 3 rings (SSSR count). The van der Waals surface area contributed by atoms with Crippen LogP contribution in [0.2, 0.25) is 0 Å². The maximum absolute atomic E-state index is 10.6. The average molecular weight is 299 g/mol. The second-order valence-corrected chi connectivity index (χ2v) is 6.65. The zero-order chi connectivity index (χ0) is 15.5. The zero-order valence-corrected chi connectivity index (χ0v) is 12.7. The summed E-state index contributed by atoms with van der Waals surface area (Å²) in [6, 6.07) is 1.93. The highest BCUT2D eigenvalue weighted by Crippen LogP contribution is 2.46. The van der Waals surface area contributed by atoms with Gasteiger partial charge in [0.15, 0.2) is 11.6 Å². The Morgan fingerprint density at radius 2 is 1.76 bits per heavy atom. The summed E-state index contributed by atoms with van der Waals surface area (Å²) in [6.45, 7) is 7.51. The molecule has 0 radical (unpaired) electrons. The first kappa shape index (κ1) is 15.2. The lowest BCUT2D eigenvalue weighted by Crippen LogP contribution is -2.43. The molecule has 0 aromatic heterocycles. The van der Waals surface area contributed by atoms with Crippen LogP contribution in [0.3, 0.4) is 0 Å². The Hall–Kier alpha value is -0.750. The molecule has 3 aliphatic rings. The van der Waals surface area contributed by atoms with Gasteiger partial charge in [0.05, 0.1) is 19.1 Å². The first-order valence-electron chi connectivity index (χ1n) is 7.10. The SMILES string of the molecule is CC1(C)O[C@@H]2[C@H]([C@H]3COC(C)(C)O3)OC(O)(CC#N)[C@@H]2O1. The highest BCUT2D eigenvalue weighted by Gasteiger charge is 2.65. The lowest BCUT2D eigenvalue weighted by molar-refractivity contribution is -0.282. The summed E-state index contributed by atoms with van der Waals surface area (Å²) in [5, 5.41) is 19.5. The average Bonchev–Trinajstić information content (AvgIpc) is 2.93. The highest BCUT2D eigenvalue weighted by molar-refractivity contribution is 5.07. The van der Waals surface area contributed by atoms with Gasteiger partial charge in [-0.2, -0.15) is 5.26 Å². The molecule has 0 aromatic rings. The molecular formula is C14H21NO6. The van der Waals surface area contributed by atoms with Crippen molar-refractivity contribution in [3.8, 4) is 6.07 Å². The summed E-state index contributed by atoms with van der Waals surface area (Å²) in [5.74, 6) is -3.22. The van der Waals surface area contributed by atoms with Crippen LogP contribution in [0.1, 0.15) is 34.1 Å². The molecule has 0 bridgehead atoms. The Kier molecular flexibility index (Phi) is 3.34. The van der Waals surface area contributed by atoms with Crippen molar-refractivity contribution >= 4 is 0 Å². The van der Waals surface area contributed by atoms with Gasteiger partial charge < -0.3 is 28.8 Å². The number of rotatable bonds is 2. The topological polar surface area (TPSA) is 90.2 Å². The van der Waals surface area contributed by atoms with Crippen LogP contribution in [0.4, 0.5) is 0 Å². The molecular weight excluding hydrogens is 278 g/mol. The summed E-state index contributed by atoms with van der Waals surface area (Å²) >= 11 is 0. The van der Waals surface area contributed by atoms with Gasteiger partial charge in [-0.05, 0) is 27.7 Å². The fourth-order valence-corrected chi connectivity index (χ4v) is 3.17. The molecule has 1 N–H and O–H groups in total. The molecule has 0 aromatic carbocycles. The molecule has 0 spiro atoms. The van der Waals surface area contributed by atoms with E-state index in [9.17, 15) is 5.11 Å². The molecule has 3 aliphatic heterocycles. The Morgan fingerprint density at radius 3 is 2.33 bits per heavy atom. The number of nitrogens with zero attached hydrogens (tertiary/aromatic N) is 1. The van der Waals surface area contributed by atoms with Crippen molar-refractivity contribution in [2.75, 3.05) is 6.61 Å². The minimum atomic E-state index is -1.69. The maximum Gasteiger partial charge on any atom is 0.208 e. The summed E-state index contributed by atoms with van der Waals surface area (Å²) in [4.78, 5) is 0. The van der Waals surface area contributed by atoms with Crippen molar-refractivity contribution < 1.29 is 28.8 Å². The second-order valence-electron chi connectivity index (χ2n) is 6.65. The number of fused-ring (bicyclic) bond motifs is 1. The molecule has 0 aliphatic carbocycles. The van der Waals surface area contributed by atoms with Gasteiger partial charge in [-0.1, -0.05) is 0 Å². The minimum Gasteiger partial charge on any atom is -0.363 e. The van der Waals surface area contributed by atoms with Crippen LogP contribution in [-0.4, -0.2) is 53.5 Å². The van der Waals surface area contributed by atoms with E-state index in [1.54, 1.807) is 13.8 Å². The Bertz CT molecular complexity index is 473. The fraction of sp³-hybridized carbons (Fsp3) is 0.929. The van der Waals surface area contributed by atoms with Crippen LogP contribution in [0.25, 0.3) is 0 Å². The van der Waals surface area contributed by atoms with Crippen LogP contribution in [0.5, 0.6) is 0 Å². The molecule has 7 heteroatoms. The van der Waals surface area contributed by atoms with Crippen LogP contribution in [-0.2, 0) is 23.7 Å². The normalized spacial score (nSPS) is 47.2. The minimum absolute atomic E-state index is 0.193. The third-order valence-electron chi connectivity index (χ3n) is 3.97. The molecule has 3 fully saturated rings. The van der Waals surface area contributed by atoms with Crippen LogP contribution >= 0.6 is 0 Å². The number of aliphatic hydroxyl groups is 1. The molecule has 0 amide bonds. The first-order chi connectivity index (χ1) is 9.66. The van der Waals surface area contributed by atoms with E-state index in [1.165, 1.54) is 0 Å². The zero-order valence-electron chi connectivity index (χ0n) is 12.7. The molecule has 3 heterocycles. The predicted octanol–water partition coefficient (Wildman–Crippen LogP) is 0.659. The van der Waals surface area contributed by atoms with E-state index < -0.39 is 35.7 Å². The molecule has 0 saturated carbocycles. The number of ether oxygens (including phenoxy) is 5. The summed E-state index contributed by atoms with van der Waals surface area (Å²) in [5.41, 5.74) is 0. The third-order valence-corrected chi connectivity index (χ3v) is 3.97. The van der Waals surface area contributed by atoms with Gasteiger partial charge in [-0.25, -0.2) is 0 Å². The Labute approximate surface area is 123 Å². The van der Waals surface area contributed by atoms with Gasteiger partial charge in [0.25, 0.3) is 0 Å². The van der Waals surface area contributed by atoms with Gasteiger partial charge >= 0.3 is 0 Å². The monoisotopic (exact) mass is 299 g/mol. The molecule has 5 atom stereocenters. The molecule has 21 heavy (non-hydrogen) atoms. The van der Waals surface area contributed by atoms with Crippen LogP contribution in [0, 0.1) is 11.3 Å². The van der Waals surface area contributed by atoms with E-state index in [4.69, 9.17) is 28.9 Å². The van der Waals surface area contributed by atoms with Crippen molar-refractivity contribution in [3.05, 3.63) is 0 Å². The van der Waals surface area contributed by atoms with Crippen LogP contribution in [0.15, 0.2) is 0 Å². The first-order valence-corrected chi connectivity index (χ1v) is 7.10. The van der Waals surface area contributed by atoms with E-state index in [0.29, 0.717) is 6.61 Å². The maximum atomic E-state index is 10.6. The largest absolute Gasteiger partial charge is 0.363 e. The quantitative estimate of drug-likeness (QED) is 0.801. The smallest absolute Gasteiger partial charge is 0.208 e. The Balaban J connectivity index is 1.84. The van der Waals surface area contributed by atoms with Gasteiger partial charge in [0.2, 0.25) is 5.79 Å². The number of nitriles is 1. The summed E-state index contributed by atoms with van der Waals surface area (Å²) in [7, 11) is 0. The second kappa shape index (κ2) is 4.62. The third kappa shape index (κ3) is 2.57. The van der Waals surface area contributed by atoms with Crippen molar-refractivity contribution in [2.24, 2.45) is 0 Å². The van der Waals surface area contributed by atoms with Gasteiger partial charge in [-0.15, -0.1) is 0 Å². The predicted molar refractivity (Wildman–Crippen MR) is 68.8 cm³/mol. The van der Waals surface area contributed by atoms with Crippen molar-refractivity contribution in [3.63, 3.8) is 0 Å². The number of hydrogen-bond acceptors (Lipinski definition) is 7. The highest BCUT2D eigenvalue weighted by atomic mass is 16.8. The van der Waals surface area contributed by atoms with Gasteiger partial charge in [-0.3, -0.25) is 0 Å². The standard InChI is InChI=1S/C14H21NO6/c1-12(2)17-7-8(18-12)9-10-11(21-13(3,4)19-10)14(16,20-9)5-6-15/h8-11,16H,5,7H2,1-4H3/t8-,9+,10-,11-,14?/m1/s1. The van der Waals surface area contributed by atoms with Crippen molar-refractivity contribution in [1.82, 2.24) is 0 Å². The molecule has 118 valence electrons. The van der Waals surface area contributed by atoms with E-state index in [1.807, 2.05) is 19.9 Å². The lowest BCUT2D eigenvalue weighted by Gasteiger charge is -2.29. The number of hydrogen-bond donors (Lipinski definition) is 1. The van der Waals surface area contributed by atoms with Crippen molar-refractivity contribution in [2.45, 2.75) is 75.9 Å². The molecule has 1 unspecified atom stereocenters. The fourth-order valence-electron chi connectivity index (χ4n) is 3.17. The van der Waals surface area contributed by atoms with Crippen LogP contribution < -0.4 is 0 Å². The molecule has 7 nitrogen and oxygen atoms in total. The summed E-state index contributed by atoms with van der Waals surface area (Å²) < 4.78 is 28.7. The van der Waals surface area contributed by atoms with E-state index in [2.05, 4.69) is 0 Å². The lowest BCUT2D eigenvalue weighted by atomic mass is 10.0. The molecule has 3 saturated heterocycles. The van der Waals surface area contributed by atoms with Gasteiger partial charge in [0, 0.05) is 0 Å². The van der Waals surface area contributed by atoms with Crippen molar-refractivity contribution in [1.29, 1.82) is 5.26 Å². The summed E-state index contributed by atoms with van der Waals surface area (Å²) in [6.07, 6.45) is -2.33. The van der Waals surface area contributed by atoms with E-state index >= 15 is 0 Å².